The van der Waals surface area contributed by atoms with Crippen LogP contribution >= 0.6 is 0 Å². The third-order valence-corrected chi connectivity index (χ3v) is 2.14. The Morgan fingerprint density at radius 2 is 1.59 bits per heavy atom. The molecule has 1 rings (SSSR count). The highest BCUT2D eigenvalue weighted by Gasteiger charge is 2.31. The molecule has 1 aromatic heterocycles. The van der Waals surface area contributed by atoms with Gasteiger partial charge in [0, 0.05) is 5.69 Å². The van der Waals surface area contributed by atoms with Gasteiger partial charge in [0.05, 0.1) is 0 Å². The first-order valence-corrected chi connectivity index (χ1v) is 5.92. The van der Waals surface area contributed by atoms with E-state index in [9.17, 15) is 13.2 Å². The van der Waals surface area contributed by atoms with Gasteiger partial charge in [-0.3, -0.25) is 0 Å². The van der Waals surface area contributed by atoms with Crippen LogP contribution in [0.25, 0.3) is 0 Å². The number of hydrogen-bond donors (Lipinski definition) is 0. The average Bonchev–Trinajstić information content (AvgIpc) is 2.26. The summed E-state index contributed by atoms with van der Waals surface area (Å²) in [7, 11) is 0. The van der Waals surface area contributed by atoms with Crippen LogP contribution in [0.3, 0.4) is 0 Å². The lowest BCUT2D eigenvalue weighted by Gasteiger charge is -2.04. The van der Waals surface area contributed by atoms with E-state index in [0.717, 1.165) is 6.07 Å². The van der Waals surface area contributed by atoms with Crippen molar-refractivity contribution >= 4 is 0 Å². The van der Waals surface area contributed by atoms with Crippen LogP contribution in [0.15, 0.2) is 18.2 Å². The lowest BCUT2D eigenvalue weighted by atomic mass is 10.2. The molecule has 17 heavy (non-hydrogen) atoms. The summed E-state index contributed by atoms with van der Waals surface area (Å²) in [6.45, 7) is 5.99. The van der Waals surface area contributed by atoms with E-state index in [-0.39, 0.29) is 0 Å². The van der Waals surface area contributed by atoms with Crippen molar-refractivity contribution < 1.29 is 13.2 Å². The van der Waals surface area contributed by atoms with Crippen LogP contribution in [-0.4, -0.2) is 4.98 Å². The number of halogens is 3. The van der Waals surface area contributed by atoms with Crippen molar-refractivity contribution in [1.29, 1.82) is 0 Å². The van der Waals surface area contributed by atoms with Crippen molar-refractivity contribution in [2.45, 2.75) is 52.6 Å². The molecule has 0 aliphatic rings. The molecular weight excluding hydrogens is 227 g/mol. The van der Waals surface area contributed by atoms with E-state index in [1.54, 1.807) is 0 Å². The number of aromatic nitrogens is 1. The third kappa shape index (κ3) is 7.77. The molecule has 1 heterocycles. The van der Waals surface area contributed by atoms with Crippen LogP contribution in [0.4, 0.5) is 13.2 Å². The van der Waals surface area contributed by atoms with Crippen molar-refractivity contribution in [3.05, 3.63) is 29.6 Å². The SMILES string of the molecule is CCCCCC.Cc1cccc(C(F)(F)F)n1. The number of nitrogens with zero attached hydrogens (tertiary/aromatic N) is 1. The Kier molecular flexibility index (Phi) is 7.59. The van der Waals surface area contributed by atoms with Gasteiger partial charge >= 0.3 is 6.18 Å². The molecule has 1 nitrogen and oxygen atoms in total. The second kappa shape index (κ2) is 8.09. The zero-order valence-electron chi connectivity index (χ0n) is 10.6. The minimum absolute atomic E-state index is 0.375. The maximum Gasteiger partial charge on any atom is 0.433 e. The number of alkyl halides is 3. The summed E-state index contributed by atoms with van der Waals surface area (Å²) in [5.41, 5.74) is -0.461. The number of unbranched alkanes of at least 4 members (excludes halogenated alkanes) is 3. The van der Waals surface area contributed by atoms with E-state index < -0.39 is 11.9 Å². The molecule has 0 unspecified atom stereocenters. The predicted molar refractivity (Wildman–Crippen MR) is 63.8 cm³/mol. The summed E-state index contributed by atoms with van der Waals surface area (Å²) in [5, 5.41) is 0. The molecule has 0 aliphatic carbocycles. The molecular formula is C13H20F3N. The van der Waals surface area contributed by atoms with Crippen molar-refractivity contribution in [2.75, 3.05) is 0 Å². The molecule has 0 aliphatic heterocycles. The molecule has 0 bridgehead atoms. The molecule has 1 aromatic rings. The van der Waals surface area contributed by atoms with E-state index in [1.807, 2.05) is 0 Å². The Morgan fingerprint density at radius 3 is 1.88 bits per heavy atom. The summed E-state index contributed by atoms with van der Waals surface area (Å²) in [4.78, 5) is 3.32. The first-order valence-electron chi connectivity index (χ1n) is 5.92. The monoisotopic (exact) mass is 247 g/mol. The Hall–Kier alpha value is -1.06. The smallest absolute Gasteiger partial charge is 0.249 e. The molecule has 0 saturated heterocycles. The van der Waals surface area contributed by atoms with E-state index in [4.69, 9.17) is 0 Å². The van der Waals surface area contributed by atoms with Crippen LogP contribution in [0.1, 0.15) is 50.9 Å². The van der Waals surface area contributed by atoms with Gasteiger partial charge in [0.2, 0.25) is 0 Å². The molecule has 0 N–H and O–H groups in total. The molecule has 4 heteroatoms. The van der Waals surface area contributed by atoms with Gasteiger partial charge in [0.15, 0.2) is 0 Å². The molecule has 98 valence electrons. The number of aryl methyl sites for hydroxylation is 1. The van der Waals surface area contributed by atoms with E-state index in [0.29, 0.717) is 5.69 Å². The van der Waals surface area contributed by atoms with Gasteiger partial charge in [-0.15, -0.1) is 0 Å². The maximum atomic E-state index is 11.9. The second-order valence-electron chi connectivity index (χ2n) is 3.87. The Morgan fingerprint density at radius 1 is 1.06 bits per heavy atom. The maximum absolute atomic E-state index is 11.9. The van der Waals surface area contributed by atoms with Crippen molar-refractivity contribution in [3.8, 4) is 0 Å². The summed E-state index contributed by atoms with van der Waals surface area (Å²) < 4.78 is 35.7. The third-order valence-electron chi connectivity index (χ3n) is 2.14. The zero-order valence-corrected chi connectivity index (χ0v) is 10.6. The largest absolute Gasteiger partial charge is 0.433 e. The summed E-state index contributed by atoms with van der Waals surface area (Å²) in [6.07, 6.45) is 1.21. The topological polar surface area (TPSA) is 12.9 Å². The Labute approximate surface area is 101 Å². The fourth-order valence-corrected chi connectivity index (χ4v) is 1.20. The van der Waals surface area contributed by atoms with Crippen LogP contribution in [-0.2, 0) is 6.18 Å². The van der Waals surface area contributed by atoms with Gasteiger partial charge in [0.25, 0.3) is 0 Å². The van der Waals surface area contributed by atoms with Crippen LogP contribution in [0.2, 0.25) is 0 Å². The Balaban J connectivity index is 0.000000366. The minimum atomic E-state index is -4.33. The number of pyridine rings is 1. The minimum Gasteiger partial charge on any atom is -0.249 e. The number of rotatable bonds is 3. The Bertz CT molecular complexity index is 304. The molecule has 0 fully saturated rings. The standard InChI is InChI=1S/C7H6F3N.C6H14/c1-5-3-2-4-6(11-5)7(8,9)10;1-3-5-6-4-2/h2-4H,1H3;3-6H2,1-2H3. The molecule has 0 radical (unpaired) electrons. The fraction of sp³-hybridized carbons (Fsp3) is 0.615. The normalized spacial score (nSPS) is 10.7. The fourth-order valence-electron chi connectivity index (χ4n) is 1.20. The van der Waals surface area contributed by atoms with Gasteiger partial charge < -0.3 is 0 Å². The predicted octanol–water partition coefficient (Wildman–Crippen LogP) is 5.00. The van der Waals surface area contributed by atoms with Crippen molar-refractivity contribution in [3.63, 3.8) is 0 Å². The second-order valence-corrected chi connectivity index (χ2v) is 3.87. The molecule has 0 spiro atoms. The average molecular weight is 247 g/mol. The van der Waals surface area contributed by atoms with Crippen molar-refractivity contribution in [1.82, 2.24) is 4.98 Å². The highest BCUT2D eigenvalue weighted by Crippen LogP contribution is 2.27. The summed E-state index contributed by atoms with van der Waals surface area (Å²) in [5.74, 6) is 0. The number of hydrogen-bond acceptors (Lipinski definition) is 1. The van der Waals surface area contributed by atoms with E-state index in [1.165, 1.54) is 44.7 Å². The van der Waals surface area contributed by atoms with E-state index >= 15 is 0 Å². The van der Waals surface area contributed by atoms with Gasteiger partial charge in [-0.2, -0.15) is 13.2 Å². The van der Waals surface area contributed by atoms with Gasteiger partial charge in [-0.05, 0) is 19.1 Å². The highest BCUT2D eigenvalue weighted by molar-refractivity contribution is 5.12. The molecule has 0 atom stereocenters. The highest BCUT2D eigenvalue weighted by atomic mass is 19.4. The molecule has 0 aromatic carbocycles. The first-order chi connectivity index (χ1) is 7.91. The summed E-state index contributed by atoms with van der Waals surface area (Å²) >= 11 is 0. The van der Waals surface area contributed by atoms with Crippen molar-refractivity contribution in [2.24, 2.45) is 0 Å². The van der Waals surface area contributed by atoms with Crippen LogP contribution in [0, 0.1) is 6.92 Å². The quantitative estimate of drug-likeness (QED) is 0.685. The van der Waals surface area contributed by atoms with Crippen LogP contribution < -0.4 is 0 Å². The molecule has 0 saturated carbocycles. The van der Waals surface area contributed by atoms with Gasteiger partial charge in [-0.1, -0.05) is 45.6 Å². The van der Waals surface area contributed by atoms with Gasteiger partial charge in [0.1, 0.15) is 5.69 Å². The lowest BCUT2D eigenvalue weighted by molar-refractivity contribution is -0.141. The van der Waals surface area contributed by atoms with Gasteiger partial charge in [-0.25, -0.2) is 4.98 Å². The summed E-state index contributed by atoms with van der Waals surface area (Å²) in [6, 6.07) is 3.81. The lowest BCUT2D eigenvalue weighted by Crippen LogP contribution is -2.07. The van der Waals surface area contributed by atoms with E-state index in [2.05, 4.69) is 18.8 Å². The first kappa shape index (κ1) is 15.9. The zero-order chi connectivity index (χ0) is 13.3. The molecule has 0 amide bonds. The van der Waals surface area contributed by atoms with Crippen LogP contribution in [0.5, 0.6) is 0 Å².